The molecule has 0 fully saturated rings. The molecule has 0 saturated carbocycles. The second-order valence-corrected chi connectivity index (χ2v) is 7.85. The van der Waals surface area contributed by atoms with Gasteiger partial charge in [0.2, 0.25) is 0 Å². The molecule has 0 spiro atoms. The number of hydrogen-bond donors (Lipinski definition) is 0. The van der Waals surface area contributed by atoms with Gasteiger partial charge in [-0.15, -0.1) is 11.6 Å². The molecule has 2 atom stereocenters. The first kappa shape index (κ1) is 17.5. The number of hydrogen-bond acceptors (Lipinski definition) is 1. The summed E-state index contributed by atoms with van der Waals surface area (Å²) in [7, 11) is 0. The highest BCUT2D eigenvalue weighted by Crippen LogP contribution is 2.25. The minimum atomic E-state index is 0.0582. The van der Waals surface area contributed by atoms with Gasteiger partial charge in [-0.25, -0.2) is 0 Å². The first-order chi connectivity index (χ1) is 9.28. The number of rotatable bonds is 7. The standard InChI is InChI=1S/C18H29ClO/c1-14(6-5-13-18(2,3)4)7-12-17(20)15-8-10-16(19)11-9-15/h8-10,14,16H,5-7,11-13H2,1-4H3. The van der Waals surface area contributed by atoms with Crippen LogP contribution < -0.4 is 0 Å². The summed E-state index contributed by atoms with van der Waals surface area (Å²) < 4.78 is 0. The molecule has 0 aliphatic heterocycles. The molecule has 1 aliphatic carbocycles. The van der Waals surface area contributed by atoms with Gasteiger partial charge in [0.25, 0.3) is 0 Å². The van der Waals surface area contributed by atoms with Crippen LogP contribution in [-0.2, 0) is 4.79 Å². The lowest BCUT2D eigenvalue weighted by Crippen LogP contribution is -2.09. The predicted molar refractivity (Wildman–Crippen MR) is 88.2 cm³/mol. The largest absolute Gasteiger partial charge is 0.294 e. The molecular weight excluding hydrogens is 268 g/mol. The third-order valence-corrected chi connectivity index (χ3v) is 4.18. The zero-order chi connectivity index (χ0) is 15.2. The van der Waals surface area contributed by atoms with E-state index < -0.39 is 0 Å². The Morgan fingerprint density at radius 3 is 2.65 bits per heavy atom. The molecule has 0 bridgehead atoms. The highest BCUT2D eigenvalue weighted by molar-refractivity contribution is 6.22. The van der Waals surface area contributed by atoms with E-state index in [9.17, 15) is 4.79 Å². The highest BCUT2D eigenvalue weighted by atomic mass is 35.5. The maximum Gasteiger partial charge on any atom is 0.162 e. The van der Waals surface area contributed by atoms with Gasteiger partial charge in [-0.1, -0.05) is 58.8 Å². The number of allylic oxidation sites excluding steroid dienone is 4. The van der Waals surface area contributed by atoms with E-state index in [4.69, 9.17) is 11.6 Å². The van der Waals surface area contributed by atoms with Crippen molar-refractivity contribution in [2.24, 2.45) is 11.3 Å². The molecule has 0 heterocycles. The van der Waals surface area contributed by atoms with Crippen molar-refractivity contribution in [3.63, 3.8) is 0 Å². The Morgan fingerprint density at radius 2 is 2.10 bits per heavy atom. The topological polar surface area (TPSA) is 17.1 Å². The molecule has 20 heavy (non-hydrogen) atoms. The molecule has 0 amide bonds. The number of Topliss-reactive ketones (excluding diaryl/α,β-unsaturated/α-hetero) is 1. The van der Waals surface area contributed by atoms with Gasteiger partial charge < -0.3 is 0 Å². The fourth-order valence-corrected chi connectivity index (χ4v) is 2.61. The Bertz CT molecular complexity index is 373. The average Bonchev–Trinajstić information content (AvgIpc) is 2.35. The lowest BCUT2D eigenvalue weighted by atomic mass is 9.87. The Balaban J connectivity index is 2.22. The molecule has 1 nitrogen and oxygen atoms in total. The monoisotopic (exact) mass is 296 g/mol. The first-order valence-corrected chi connectivity index (χ1v) is 8.27. The van der Waals surface area contributed by atoms with Crippen LogP contribution in [0.1, 0.15) is 66.2 Å². The Labute approximate surface area is 129 Å². The minimum absolute atomic E-state index is 0.0582. The Kier molecular flexibility index (Phi) is 7.02. The van der Waals surface area contributed by atoms with Crippen LogP contribution in [0.2, 0.25) is 0 Å². The van der Waals surface area contributed by atoms with E-state index >= 15 is 0 Å². The Morgan fingerprint density at radius 1 is 1.40 bits per heavy atom. The second kappa shape index (κ2) is 8.02. The molecule has 0 saturated heterocycles. The van der Waals surface area contributed by atoms with Crippen molar-refractivity contribution in [3.05, 3.63) is 23.8 Å². The Hall–Kier alpha value is -0.560. The van der Waals surface area contributed by atoms with Gasteiger partial charge in [0.15, 0.2) is 5.78 Å². The van der Waals surface area contributed by atoms with E-state index in [0.717, 1.165) is 18.4 Å². The van der Waals surface area contributed by atoms with Gasteiger partial charge in [-0.3, -0.25) is 4.79 Å². The molecule has 0 aromatic heterocycles. The summed E-state index contributed by atoms with van der Waals surface area (Å²) in [5, 5.41) is 0.0582. The van der Waals surface area contributed by atoms with Crippen LogP contribution in [0.5, 0.6) is 0 Å². The van der Waals surface area contributed by atoms with Crippen molar-refractivity contribution in [3.8, 4) is 0 Å². The van der Waals surface area contributed by atoms with Crippen molar-refractivity contribution >= 4 is 17.4 Å². The molecule has 2 heteroatoms. The summed E-state index contributed by atoms with van der Waals surface area (Å²) >= 11 is 5.97. The average molecular weight is 297 g/mol. The summed E-state index contributed by atoms with van der Waals surface area (Å²) in [4.78, 5) is 12.1. The SMILES string of the molecule is CC(CCCC(C)(C)C)CCC(=O)C1=CCC(Cl)C=C1. The van der Waals surface area contributed by atoms with E-state index in [2.05, 4.69) is 27.7 Å². The molecule has 114 valence electrons. The van der Waals surface area contributed by atoms with Crippen LogP contribution in [0, 0.1) is 11.3 Å². The van der Waals surface area contributed by atoms with Crippen LogP contribution in [0.25, 0.3) is 0 Å². The molecule has 1 aliphatic rings. The highest BCUT2D eigenvalue weighted by Gasteiger charge is 2.14. The lowest BCUT2D eigenvalue weighted by Gasteiger charge is -2.19. The number of carbonyl (C=O) groups is 1. The second-order valence-electron chi connectivity index (χ2n) is 7.29. The van der Waals surface area contributed by atoms with Crippen molar-refractivity contribution in [2.75, 3.05) is 0 Å². The number of halogens is 1. The third-order valence-electron chi connectivity index (χ3n) is 3.86. The predicted octanol–water partition coefficient (Wildman–Crippen LogP) is 5.68. The summed E-state index contributed by atoms with van der Waals surface area (Å²) in [5.74, 6) is 0.905. The van der Waals surface area contributed by atoms with Crippen LogP contribution >= 0.6 is 11.6 Å². The van der Waals surface area contributed by atoms with Gasteiger partial charge in [-0.2, -0.15) is 0 Å². The molecule has 0 aromatic carbocycles. The maximum atomic E-state index is 12.1. The molecular formula is C18H29ClO. The van der Waals surface area contributed by atoms with E-state index in [1.807, 2.05) is 18.2 Å². The van der Waals surface area contributed by atoms with Crippen LogP contribution in [0.15, 0.2) is 23.8 Å². The number of carbonyl (C=O) groups excluding carboxylic acids is 1. The zero-order valence-corrected chi connectivity index (χ0v) is 14.2. The van der Waals surface area contributed by atoms with E-state index in [0.29, 0.717) is 17.8 Å². The first-order valence-electron chi connectivity index (χ1n) is 7.83. The molecule has 1 rings (SSSR count). The number of alkyl halides is 1. The van der Waals surface area contributed by atoms with Crippen LogP contribution in [0.3, 0.4) is 0 Å². The zero-order valence-electron chi connectivity index (χ0n) is 13.4. The summed E-state index contributed by atoms with van der Waals surface area (Å²) in [5.41, 5.74) is 1.27. The number of ketones is 1. The maximum absolute atomic E-state index is 12.1. The quantitative estimate of drug-likeness (QED) is 0.552. The normalized spacial score (nSPS) is 20.6. The molecule has 0 aromatic rings. The third kappa shape index (κ3) is 7.28. The van der Waals surface area contributed by atoms with Crippen LogP contribution in [-0.4, -0.2) is 11.2 Å². The molecule has 0 radical (unpaired) electrons. The fourth-order valence-electron chi connectivity index (χ4n) is 2.45. The summed E-state index contributed by atoms with van der Waals surface area (Å²) in [6.07, 6.45) is 12.0. The van der Waals surface area contributed by atoms with Crippen molar-refractivity contribution in [1.29, 1.82) is 0 Å². The van der Waals surface area contributed by atoms with Crippen molar-refractivity contribution in [1.82, 2.24) is 0 Å². The van der Waals surface area contributed by atoms with Crippen molar-refractivity contribution < 1.29 is 4.79 Å². The lowest BCUT2D eigenvalue weighted by molar-refractivity contribution is -0.115. The van der Waals surface area contributed by atoms with Gasteiger partial charge in [0.1, 0.15) is 0 Å². The van der Waals surface area contributed by atoms with E-state index in [1.54, 1.807) is 0 Å². The van der Waals surface area contributed by atoms with Gasteiger partial charge >= 0.3 is 0 Å². The fraction of sp³-hybridized carbons (Fsp3) is 0.722. The van der Waals surface area contributed by atoms with Gasteiger partial charge in [0.05, 0.1) is 5.38 Å². The summed E-state index contributed by atoms with van der Waals surface area (Å²) in [6, 6.07) is 0. The van der Waals surface area contributed by atoms with Gasteiger partial charge in [0, 0.05) is 12.0 Å². The van der Waals surface area contributed by atoms with E-state index in [-0.39, 0.29) is 11.2 Å². The minimum Gasteiger partial charge on any atom is -0.294 e. The van der Waals surface area contributed by atoms with Gasteiger partial charge in [-0.05, 0) is 30.6 Å². The molecule has 0 N–H and O–H groups in total. The van der Waals surface area contributed by atoms with Crippen molar-refractivity contribution in [2.45, 2.75) is 71.6 Å². The smallest absolute Gasteiger partial charge is 0.162 e. The van der Waals surface area contributed by atoms with Crippen LogP contribution in [0.4, 0.5) is 0 Å². The molecule has 2 unspecified atom stereocenters. The van der Waals surface area contributed by atoms with E-state index in [1.165, 1.54) is 19.3 Å². The summed E-state index contributed by atoms with van der Waals surface area (Å²) in [6.45, 7) is 9.11.